The molecule has 0 aliphatic carbocycles. The van der Waals surface area contributed by atoms with Crippen LogP contribution in [-0.2, 0) is 9.59 Å². The Kier molecular flexibility index (Phi) is 6.32. The Labute approximate surface area is 190 Å². The van der Waals surface area contributed by atoms with E-state index in [0.717, 1.165) is 53.7 Å². The average Bonchev–Trinajstić information content (AvgIpc) is 3.36. The number of hydrogen-bond acceptors (Lipinski definition) is 5. The van der Waals surface area contributed by atoms with Crippen molar-refractivity contribution >= 4 is 46.3 Å². The summed E-state index contributed by atoms with van der Waals surface area (Å²) in [4.78, 5) is 40.7. The number of rotatable bonds is 5. The fourth-order valence-corrected chi connectivity index (χ4v) is 4.79. The van der Waals surface area contributed by atoms with Gasteiger partial charge in [0.25, 0.3) is 11.1 Å². The summed E-state index contributed by atoms with van der Waals surface area (Å²) in [7, 11) is 0. The highest BCUT2D eigenvalue weighted by molar-refractivity contribution is 8.18. The normalized spacial score (nSPS) is 17.5. The number of carbonyl (C=O) groups excluding carboxylic acids is 3. The molecule has 0 atom stereocenters. The second kappa shape index (κ2) is 9.16. The number of imide groups is 1. The van der Waals surface area contributed by atoms with Gasteiger partial charge in [0.05, 0.1) is 10.6 Å². The van der Waals surface area contributed by atoms with Gasteiger partial charge in [-0.1, -0.05) is 24.3 Å². The number of para-hydroxylation sites is 1. The van der Waals surface area contributed by atoms with Gasteiger partial charge in [0.2, 0.25) is 5.91 Å². The molecule has 1 N–H and O–H groups in total. The van der Waals surface area contributed by atoms with Gasteiger partial charge < -0.3 is 10.2 Å². The maximum Gasteiger partial charge on any atom is 0.294 e. The standard InChI is InChI=1S/C24H24FN3O3S/c1-15-6-5-7-16(2)22(15)26-21(29)14-28-23(30)20(32-24(28)31)13-17-8-9-19(18(25)12-17)27-10-3-4-11-27/h5-9,12-13H,3-4,10-11,14H2,1-2H3,(H,26,29)/b20-13-. The molecule has 2 saturated heterocycles. The first-order valence-electron chi connectivity index (χ1n) is 10.5. The molecule has 0 aromatic heterocycles. The van der Waals surface area contributed by atoms with E-state index in [1.807, 2.05) is 36.9 Å². The molecular formula is C24H24FN3O3S. The summed E-state index contributed by atoms with van der Waals surface area (Å²) in [6.45, 7) is 5.04. The number of benzene rings is 2. The van der Waals surface area contributed by atoms with Gasteiger partial charge in [0, 0.05) is 18.8 Å². The van der Waals surface area contributed by atoms with E-state index in [1.54, 1.807) is 12.1 Å². The molecule has 8 heteroatoms. The van der Waals surface area contributed by atoms with Crippen molar-refractivity contribution in [1.29, 1.82) is 0 Å². The number of halogens is 1. The maximum atomic E-state index is 14.6. The van der Waals surface area contributed by atoms with Gasteiger partial charge in [0.15, 0.2) is 0 Å². The van der Waals surface area contributed by atoms with Crippen LogP contribution in [0.15, 0.2) is 41.3 Å². The minimum absolute atomic E-state index is 0.170. The summed E-state index contributed by atoms with van der Waals surface area (Å²) in [5.74, 6) is -1.36. The van der Waals surface area contributed by atoms with Crippen molar-refractivity contribution in [1.82, 2.24) is 4.90 Å². The molecule has 6 nitrogen and oxygen atoms in total. The van der Waals surface area contributed by atoms with Crippen molar-refractivity contribution < 1.29 is 18.8 Å². The number of carbonyl (C=O) groups is 3. The highest BCUT2D eigenvalue weighted by Crippen LogP contribution is 2.33. The molecule has 2 aliphatic rings. The Balaban J connectivity index is 1.46. The average molecular weight is 454 g/mol. The van der Waals surface area contributed by atoms with Crippen LogP contribution in [0.3, 0.4) is 0 Å². The zero-order valence-electron chi connectivity index (χ0n) is 18.0. The molecule has 2 heterocycles. The minimum atomic E-state index is -0.555. The van der Waals surface area contributed by atoms with Gasteiger partial charge in [-0.25, -0.2) is 4.39 Å². The fraction of sp³-hybridized carbons (Fsp3) is 0.292. The van der Waals surface area contributed by atoms with Gasteiger partial charge in [-0.2, -0.15) is 0 Å². The van der Waals surface area contributed by atoms with E-state index in [1.165, 1.54) is 12.1 Å². The second-order valence-electron chi connectivity index (χ2n) is 7.99. The fourth-order valence-electron chi connectivity index (χ4n) is 3.95. The van der Waals surface area contributed by atoms with Crippen LogP contribution in [0.4, 0.5) is 20.6 Å². The summed E-state index contributed by atoms with van der Waals surface area (Å²) < 4.78 is 14.6. The number of aryl methyl sites for hydroxylation is 2. The van der Waals surface area contributed by atoms with Crippen LogP contribution >= 0.6 is 11.8 Å². The summed E-state index contributed by atoms with van der Waals surface area (Å²) >= 11 is 0.752. The highest BCUT2D eigenvalue weighted by Gasteiger charge is 2.36. The Morgan fingerprint density at radius 2 is 1.81 bits per heavy atom. The van der Waals surface area contributed by atoms with E-state index in [2.05, 4.69) is 5.32 Å². The third-order valence-corrected chi connectivity index (χ3v) is 6.54. The first-order valence-corrected chi connectivity index (χ1v) is 11.3. The molecule has 0 bridgehead atoms. The third kappa shape index (κ3) is 4.55. The quantitative estimate of drug-likeness (QED) is 0.664. The lowest BCUT2D eigenvalue weighted by Gasteiger charge is -2.18. The Morgan fingerprint density at radius 1 is 1.12 bits per heavy atom. The number of anilines is 2. The van der Waals surface area contributed by atoms with Crippen LogP contribution in [-0.4, -0.2) is 41.6 Å². The molecule has 0 unspecified atom stereocenters. The molecule has 2 aromatic carbocycles. The lowest BCUT2D eigenvalue weighted by atomic mass is 10.1. The molecule has 4 rings (SSSR count). The van der Waals surface area contributed by atoms with E-state index < -0.39 is 17.1 Å². The summed E-state index contributed by atoms with van der Waals surface area (Å²) in [6.07, 6.45) is 3.59. The molecule has 2 aromatic rings. The minimum Gasteiger partial charge on any atom is -0.369 e. The topological polar surface area (TPSA) is 69.7 Å². The van der Waals surface area contributed by atoms with E-state index in [-0.39, 0.29) is 17.3 Å². The van der Waals surface area contributed by atoms with Gasteiger partial charge in [-0.05, 0) is 73.4 Å². The predicted octanol–water partition coefficient (Wildman–Crippen LogP) is 4.72. The zero-order valence-corrected chi connectivity index (χ0v) is 18.8. The van der Waals surface area contributed by atoms with Gasteiger partial charge in [-0.3, -0.25) is 19.3 Å². The third-order valence-electron chi connectivity index (χ3n) is 5.64. The first kappa shape index (κ1) is 22.1. The summed E-state index contributed by atoms with van der Waals surface area (Å²) in [5, 5.41) is 2.26. The van der Waals surface area contributed by atoms with Gasteiger partial charge in [-0.15, -0.1) is 0 Å². The zero-order chi connectivity index (χ0) is 22.8. The predicted molar refractivity (Wildman–Crippen MR) is 125 cm³/mol. The van der Waals surface area contributed by atoms with Gasteiger partial charge in [0.1, 0.15) is 12.4 Å². The molecule has 166 valence electrons. The van der Waals surface area contributed by atoms with Crippen molar-refractivity contribution in [2.75, 3.05) is 29.9 Å². The molecule has 2 fully saturated rings. The molecule has 0 saturated carbocycles. The molecule has 3 amide bonds. The van der Waals surface area contributed by atoms with Crippen molar-refractivity contribution in [3.63, 3.8) is 0 Å². The molecule has 0 spiro atoms. The van der Waals surface area contributed by atoms with Crippen LogP contribution in [0.2, 0.25) is 0 Å². The summed E-state index contributed by atoms with van der Waals surface area (Å²) in [5.41, 5.74) is 3.51. The van der Waals surface area contributed by atoms with E-state index in [0.29, 0.717) is 16.9 Å². The van der Waals surface area contributed by atoms with E-state index >= 15 is 0 Å². The monoisotopic (exact) mass is 453 g/mol. The SMILES string of the molecule is Cc1cccc(C)c1NC(=O)CN1C(=O)S/C(=C\c2ccc(N3CCCC3)c(F)c2)C1=O. The van der Waals surface area contributed by atoms with Crippen LogP contribution in [0.1, 0.15) is 29.5 Å². The lowest BCUT2D eigenvalue weighted by molar-refractivity contribution is -0.127. The number of nitrogens with zero attached hydrogens (tertiary/aromatic N) is 2. The lowest BCUT2D eigenvalue weighted by Crippen LogP contribution is -2.36. The van der Waals surface area contributed by atoms with Crippen molar-refractivity contribution in [2.45, 2.75) is 26.7 Å². The number of amides is 3. The number of hydrogen-bond donors (Lipinski definition) is 1. The van der Waals surface area contributed by atoms with Crippen LogP contribution < -0.4 is 10.2 Å². The van der Waals surface area contributed by atoms with Crippen molar-refractivity contribution in [3.8, 4) is 0 Å². The Morgan fingerprint density at radius 3 is 2.47 bits per heavy atom. The van der Waals surface area contributed by atoms with E-state index in [4.69, 9.17) is 0 Å². The first-order chi connectivity index (χ1) is 15.3. The Bertz CT molecular complexity index is 1110. The summed E-state index contributed by atoms with van der Waals surface area (Å²) in [6, 6.07) is 10.4. The smallest absolute Gasteiger partial charge is 0.294 e. The van der Waals surface area contributed by atoms with Crippen molar-refractivity contribution in [2.24, 2.45) is 0 Å². The van der Waals surface area contributed by atoms with Crippen molar-refractivity contribution in [3.05, 3.63) is 63.8 Å². The molecule has 2 aliphatic heterocycles. The van der Waals surface area contributed by atoms with E-state index in [9.17, 15) is 18.8 Å². The highest BCUT2D eigenvalue weighted by atomic mass is 32.2. The molecule has 0 radical (unpaired) electrons. The second-order valence-corrected chi connectivity index (χ2v) is 8.98. The van der Waals surface area contributed by atoms with Crippen LogP contribution in [0.5, 0.6) is 0 Å². The largest absolute Gasteiger partial charge is 0.369 e. The van der Waals surface area contributed by atoms with Crippen LogP contribution in [0.25, 0.3) is 6.08 Å². The maximum absolute atomic E-state index is 14.6. The van der Waals surface area contributed by atoms with Crippen LogP contribution in [0, 0.1) is 19.7 Å². The molecular weight excluding hydrogens is 429 g/mol. The molecule has 32 heavy (non-hydrogen) atoms. The number of thioether (sulfide) groups is 1. The van der Waals surface area contributed by atoms with Gasteiger partial charge >= 0.3 is 0 Å². The Hall–Kier alpha value is -3.13. The number of nitrogens with one attached hydrogen (secondary N) is 1.